The van der Waals surface area contributed by atoms with Gasteiger partial charge in [0, 0.05) is 28.1 Å². The van der Waals surface area contributed by atoms with Gasteiger partial charge in [-0.15, -0.1) is 0 Å². The highest BCUT2D eigenvalue weighted by Crippen LogP contribution is 2.48. The summed E-state index contributed by atoms with van der Waals surface area (Å²) in [5.74, 6) is -0.271. The highest BCUT2D eigenvalue weighted by atomic mass is 19.4. The normalized spacial score (nSPS) is 20.5. The fraction of sp³-hybridized carbons (Fsp3) is 0.375. The molecule has 8 heteroatoms. The summed E-state index contributed by atoms with van der Waals surface area (Å²) in [6, 6.07) is 10.1. The largest absolute Gasteiger partial charge is 0.493 e. The minimum absolute atomic E-state index is 0.156. The first-order chi connectivity index (χ1) is 14.9. The van der Waals surface area contributed by atoms with E-state index in [4.69, 9.17) is 4.74 Å². The molecule has 1 aliphatic heterocycles. The molecule has 1 N–H and O–H groups in total. The van der Waals surface area contributed by atoms with Crippen molar-refractivity contribution in [3.63, 3.8) is 0 Å². The molecule has 0 spiro atoms. The van der Waals surface area contributed by atoms with Crippen LogP contribution in [0.5, 0.6) is 5.75 Å². The van der Waals surface area contributed by atoms with Crippen LogP contribution in [0.25, 0.3) is 10.9 Å². The summed E-state index contributed by atoms with van der Waals surface area (Å²) in [5, 5.41) is 11.4. The van der Waals surface area contributed by atoms with E-state index in [9.17, 15) is 27.5 Å². The average Bonchev–Trinajstić information content (AvgIpc) is 2.71. The Labute approximate surface area is 182 Å². The van der Waals surface area contributed by atoms with Gasteiger partial charge in [-0.1, -0.05) is 19.1 Å². The molecule has 0 bridgehead atoms. The molecule has 0 fully saturated rings. The van der Waals surface area contributed by atoms with Crippen molar-refractivity contribution in [3.05, 3.63) is 75.8 Å². The van der Waals surface area contributed by atoms with E-state index in [0.29, 0.717) is 16.8 Å². The van der Waals surface area contributed by atoms with Crippen LogP contribution < -0.4 is 10.2 Å². The molecule has 3 aromatic rings. The molecule has 2 aromatic carbocycles. The number of para-hydroxylation sites is 1. The van der Waals surface area contributed by atoms with Gasteiger partial charge in [0.25, 0.3) is 0 Å². The maximum Gasteiger partial charge on any atom is 0.418 e. The van der Waals surface area contributed by atoms with E-state index in [1.54, 1.807) is 31.2 Å². The van der Waals surface area contributed by atoms with E-state index in [-0.39, 0.29) is 29.4 Å². The van der Waals surface area contributed by atoms with Gasteiger partial charge in [0.2, 0.25) is 0 Å². The molecule has 1 aliphatic rings. The molecule has 4 rings (SSSR count). The van der Waals surface area contributed by atoms with E-state index in [0.717, 1.165) is 0 Å². The van der Waals surface area contributed by atoms with Gasteiger partial charge in [0.15, 0.2) is 11.0 Å². The van der Waals surface area contributed by atoms with Crippen LogP contribution in [0.4, 0.5) is 17.6 Å². The summed E-state index contributed by atoms with van der Waals surface area (Å²) in [6.45, 7) is 2.46. The summed E-state index contributed by atoms with van der Waals surface area (Å²) in [4.78, 5) is 12.4. The maximum atomic E-state index is 14.3. The van der Waals surface area contributed by atoms with Gasteiger partial charge in [-0.2, -0.15) is 13.2 Å². The molecule has 4 nitrogen and oxygen atoms in total. The number of nitrogens with zero attached hydrogens (tertiary/aromatic N) is 1. The lowest BCUT2D eigenvalue weighted by molar-refractivity contribution is -0.272. The molecule has 2 unspecified atom stereocenters. The predicted molar refractivity (Wildman–Crippen MR) is 112 cm³/mol. The van der Waals surface area contributed by atoms with E-state index in [1.807, 2.05) is 0 Å². The Morgan fingerprint density at radius 1 is 1.19 bits per heavy atom. The van der Waals surface area contributed by atoms with Crippen molar-refractivity contribution < 1.29 is 27.4 Å². The molecule has 0 radical (unpaired) electrons. The molecule has 32 heavy (non-hydrogen) atoms. The van der Waals surface area contributed by atoms with Gasteiger partial charge in [-0.25, -0.2) is 4.39 Å². The van der Waals surface area contributed by atoms with Gasteiger partial charge >= 0.3 is 6.18 Å². The molecule has 2 heterocycles. The molecule has 0 saturated carbocycles. The molecule has 0 aliphatic carbocycles. The first-order valence-corrected chi connectivity index (χ1v) is 10.2. The number of rotatable bonds is 4. The second kappa shape index (κ2) is 7.62. The Balaban J connectivity index is 1.81. The van der Waals surface area contributed by atoms with Crippen LogP contribution in [-0.2, 0) is 12.0 Å². The summed E-state index contributed by atoms with van der Waals surface area (Å²) >= 11 is 0. The van der Waals surface area contributed by atoms with Crippen LogP contribution in [0.3, 0.4) is 0 Å². The number of benzene rings is 2. The quantitative estimate of drug-likeness (QED) is 0.578. The van der Waals surface area contributed by atoms with Crippen molar-refractivity contribution in [2.24, 2.45) is 0 Å². The summed E-state index contributed by atoms with van der Waals surface area (Å²) < 4.78 is 63.7. The van der Waals surface area contributed by atoms with Gasteiger partial charge in [-0.05, 0) is 50.1 Å². The summed E-state index contributed by atoms with van der Waals surface area (Å²) in [6.07, 6.45) is -4.14. The number of ether oxygens (including phenoxy) is 1. The first kappa shape index (κ1) is 22.3. The third-order valence-electron chi connectivity index (χ3n) is 6.31. The minimum atomic E-state index is -4.97. The molecular formula is C24H23F4NO3. The second-order valence-electron chi connectivity index (χ2n) is 8.79. The minimum Gasteiger partial charge on any atom is -0.493 e. The number of fused-ring (bicyclic) bond motifs is 2. The van der Waals surface area contributed by atoms with E-state index in [1.165, 1.54) is 35.9 Å². The standard InChI is InChI=1S/C24H23F4NO3/c1-15-12-29(19-6-4-3-5-17(19)21(15)30)14-23(31,24(26,27)28)13-22(2)9-10-32-20-8-7-16(25)11-18(20)22/h3-8,11-12,31H,9-10,13-14H2,1-2H3. The molecule has 0 amide bonds. The van der Waals surface area contributed by atoms with Gasteiger partial charge in [-0.3, -0.25) is 4.79 Å². The predicted octanol–water partition coefficient (Wildman–Crippen LogP) is 4.87. The zero-order valence-corrected chi connectivity index (χ0v) is 17.7. The number of hydrogen-bond donors (Lipinski definition) is 1. The lowest BCUT2D eigenvalue weighted by Crippen LogP contribution is -2.53. The van der Waals surface area contributed by atoms with E-state index in [2.05, 4.69) is 0 Å². The van der Waals surface area contributed by atoms with Crippen LogP contribution in [0, 0.1) is 12.7 Å². The van der Waals surface area contributed by atoms with Crippen LogP contribution >= 0.6 is 0 Å². The van der Waals surface area contributed by atoms with Gasteiger partial charge in [0.05, 0.1) is 18.7 Å². The number of aryl methyl sites for hydroxylation is 1. The van der Waals surface area contributed by atoms with Crippen molar-refractivity contribution in [2.75, 3.05) is 6.61 Å². The molecule has 0 saturated heterocycles. The third kappa shape index (κ3) is 3.77. The first-order valence-electron chi connectivity index (χ1n) is 10.2. The highest BCUT2D eigenvalue weighted by molar-refractivity contribution is 5.79. The Hall–Kier alpha value is -2.87. The van der Waals surface area contributed by atoms with Gasteiger partial charge < -0.3 is 14.4 Å². The Morgan fingerprint density at radius 3 is 2.62 bits per heavy atom. The molecule has 170 valence electrons. The van der Waals surface area contributed by atoms with Crippen LogP contribution in [0.2, 0.25) is 0 Å². The monoisotopic (exact) mass is 449 g/mol. The lowest BCUT2D eigenvalue weighted by Gasteiger charge is -2.42. The van der Waals surface area contributed by atoms with Crippen molar-refractivity contribution >= 4 is 10.9 Å². The van der Waals surface area contributed by atoms with Crippen molar-refractivity contribution in [1.29, 1.82) is 0 Å². The van der Waals surface area contributed by atoms with Crippen LogP contribution in [0.15, 0.2) is 53.5 Å². The zero-order valence-electron chi connectivity index (χ0n) is 17.7. The van der Waals surface area contributed by atoms with Crippen LogP contribution in [-0.4, -0.2) is 28.1 Å². The van der Waals surface area contributed by atoms with Crippen molar-refractivity contribution in [1.82, 2.24) is 4.57 Å². The third-order valence-corrected chi connectivity index (χ3v) is 6.31. The molecule has 2 atom stereocenters. The number of aromatic nitrogens is 1. The Kier molecular flexibility index (Phi) is 5.32. The van der Waals surface area contributed by atoms with Crippen molar-refractivity contribution in [3.8, 4) is 5.75 Å². The Morgan fingerprint density at radius 2 is 1.91 bits per heavy atom. The average molecular weight is 449 g/mol. The van der Waals surface area contributed by atoms with E-state index < -0.39 is 36.0 Å². The number of pyridine rings is 1. The number of hydrogen-bond acceptors (Lipinski definition) is 3. The van der Waals surface area contributed by atoms with Crippen LogP contribution in [0.1, 0.15) is 30.9 Å². The smallest absolute Gasteiger partial charge is 0.418 e. The topological polar surface area (TPSA) is 51.5 Å². The fourth-order valence-electron chi connectivity index (χ4n) is 4.60. The number of aliphatic hydroxyl groups is 1. The number of halogens is 4. The van der Waals surface area contributed by atoms with E-state index >= 15 is 0 Å². The van der Waals surface area contributed by atoms with Gasteiger partial charge in [0.1, 0.15) is 11.6 Å². The second-order valence-corrected chi connectivity index (χ2v) is 8.79. The summed E-state index contributed by atoms with van der Waals surface area (Å²) in [7, 11) is 0. The maximum absolute atomic E-state index is 14.3. The lowest BCUT2D eigenvalue weighted by atomic mass is 9.70. The fourth-order valence-corrected chi connectivity index (χ4v) is 4.60. The highest BCUT2D eigenvalue weighted by Gasteiger charge is 2.57. The van der Waals surface area contributed by atoms with Crippen molar-refractivity contribution in [2.45, 2.75) is 50.4 Å². The SMILES string of the molecule is Cc1cn(CC(O)(CC2(C)CCOc3ccc(F)cc32)C(F)(F)F)c2ccccc2c1=O. The summed E-state index contributed by atoms with van der Waals surface area (Å²) in [5.41, 5.74) is -3.70. The molecular weight excluding hydrogens is 426 g/mol. The Bertz CT molecular complexity index is 1240. The zero-order chi connectivity index (χ0) is 23.3. The number of alkyl halides is 3. The molecule has 1 aromatic heterocycles.